The van der Waals surface area contributed by atoms with Crippen molar-refractivity contribution in [2.75, 3.05) is 13.1 Å². The van der Waals surface area contributed by atoms with Gasteiger partial charge in [-0.1, -0.05) is 30.3 Å². The highest BCUT2D eigenvalue weighted by molar-refractivity contribution is 5.95. The first-order valence-corrected chi connectivity index (χ1v) is 8.62. The second kappa shape index (κ2) is 7.60. The summed E-state index contributed by atoms with van der Waals surface area (Å²) in [7, 11) is 1.96. The summed E-state index contributed by atoms with van der Waals surface area (Å²) in [5.41, 5.74) is 2.25. The number of ketones is 1. The molecule has 0 aliphatic carbocycles. The van der Waals surface area contributed by atoms with E-state index in [1.54, 1.807) is 0 Å². The van der Waals surface area contributed by atoms with Crippen LogP contribution in [-0.2, 0) is 13.6 Å². The minimum absolute atomic E-state index is 0.289. The van der Waals surface area contributed by atoms with E-state index in [2.05, 4.69) is 35.2 Å². The number of piperidine rings is 1. The third-order valence-corrected chi connectivity index (χ3v) is 4.89. The Hall–Kier alpha value is -1.87. The van der Waals surface area contributed by atoms with E-state index in [1.165, 1.54) is 18.4 Å². The Morgan fingerprint density at radius 3 is 2.52 bits per heavy atom. The maximum absolute atomic E-state index is 12.2. The Morgan fingerprint density at radius 2 is 1.87 bits per heavy atom. The zero-order chi connectivity index (χ0) is 16.1. The molecule has 0 N–H and O–H groups in total. The van der Waals surface area contributed by atoms with Gasteiger partial charge in [-0.25, -0.2) is 0 Å². The second-order valence-corrected chi connectivity index (χ2v) is 6.73. The van der Waals surface area contributed by atoms with E-state index in [4.69, 9.17) is 0 Å². The van der Waals surface area contributed by atoms with Crippen molar-refractivity contribution in [1.29, 1.82) is 0 Å². The van der Waals surface area contributed by atoms with Gasteiger partial charge in [0, 0.05) is 38.0 Å². The summed E-state index contributed by atoms with van der Waals surface area (Å²) in [5, 5.41) is 0. The summed E-state index contributed by atoms with van der Waals surface area (Å²) in [6.07, 6.45) is 8.02. The lowest BCUT2D eigenvalue weighted by molar-refractivity contribution is 0.0961. The van der Waals surface area contributed by atoms with Crippen LogP contribution in [0.4, 0.5) is 0 Å². The van der Waals surface area contributed by atoms with Crippen molar-refractivity contribution in [1.82, 2.24) is 9.47 Å². The topological polar surface area (TPSA) is 25.2 Å². The van der Waals surface area contributed by atoms with Crippen molar-refractivity contribution < 1.29 is 4.79 Å². The summed E-state index contributed by atoms with van der Waals surface area (Å²) in [6.45, 7) is 3.36. The largest absolute Gasteiger partial charge is 0.357 e. The number of aromatic nitrogens is 1. The van der Waals surface area contributed by atoms with E-state index in [1.807, 2.05) is 30.1 Å². The summed E-state index contributed by atoms with van der Waals surface area (Å²) >= 11 is 0. The van der Waals surface area contributed by atoms with Crippen LogP contribution in [0.15, 0.2) is 48.8 Å². The highest BCUT2D eigenvalue weighted by Crippen LogP contribution is 2.24. The van der Waals surface area contributed by atoms with E-state index in [0.29, 0.717) is 12.3 Å². The van der Waals surface area contributed by atoms with Crippen LogP contribution in [0.1, 0.15) is 41.6 Å². The molecule has 2 aromatic rings. The van der Waals surface area contributed by atoms with Crippen LogP contribution in [0, 0.1) is 5.92 Å². The van der Waals surface area contributed by atoms with Crippen molar-refractivity contribution in [2.45, 2.75) is 32.2 Å². The monoisotopic (exact) mass is 310 g/mol. The SMILES string of the molecule is Cn1ccc(C(=O)CCC2CCN(Cc3ccccc3)CC2)c1. The van der Waals surface area contributed by atoms with Crippen LogP contribution in [0.3, 0.4) is 0 Å². The summed E-state index contributed by atoms with van der Waals surface area (Å²) < 4.78 is 1.94. The smallest absolute Gasteiger partial charge is 0.164 e. The number of carbonyl (C=O) groups excluding carboxylic acids is 1. The molecule has 1 fully saturated rings. The van der Waals surface area contributed by atoms with E-state index in [9.17, 15) is 4.79 Å². The Morgan fingerprint density at radius 1 is 1.13 bits per heavy atom. The zero-order valence-corrected chi connectivity index (χ0v) is 13.9. The molecular weight excluding hydrogens is 284 g/mol. The minimum Gasteiger partial charge on any atom is -0.357 e. The summed E-state index contributed by atoms with van der Waals surface area (Å²) in [4.78, 5) is 14.7. The van der Waals surface area contributed by atoms with E-state index >= 15 is 0 Å². The molecule has 1 aliphatic heterocycles. The second-order valence-electron chi connectivity index (χ2n) is 6.73. The first-order chi connectivity index (χ1) is 11.2. The van der Waals surface area contributed by atoms with Gasteiger partial charge in [0.25, 0.3) is 0 Å². The van der Waals surface area contributed by atoms with Crippen LogP contribution in [0.5, 0.6) is 0 Å². The number of aryl methyl sites for hydroxylation is 1. The number of nitrogens with zero attached hydrogens (tertiary/aromatic N) is 2. The van der Waals surface area contributed by atoms with Crippen molar-refractivity contribution in [2.24, 2.45) is 13.0 Å². The Labute approximate surface area is 138 Å². The third kappa shape index (κ3) is 4.55. The molecule has 1 saturated heterocycles. The van der Waals surface area contributed by atoms with Crippen molar-refractivity contribution in [3.05, 3.63) is 59.9 Å². The normalized spacial score (nSPS) is 16.6. The first-order valence-electron chi connectivity index (χ1n) is 8.62. The standard InChI is InChI=1S/C20H26N2O/c1-21-12-11-19(16-21)20(23)8-7-17-9-13-22(14-10-17)15-18-5-3-2-4-6-18/h2-6,11-12,16-17H,7-10,13-15H2,1H3. The van der Waals surface area contributed by atoms with Gasteiger partial charge in [0.2, 0.25) is 0 Å². The molecule has 3 rings (SSSR count). The lowest BCUT2D eigenvalue weighted by atomic mass is 9.90. The Kier molecular flexibility index (Phi) is 5.29. The van der Waals surface area contributed by atoms with Crippen LogP contribution < -0.4 is 0 Å². The number of likely N-dealkylation sites (tertiary alicyclic amines) is 1. The molecule has 0 amide bonds. The van der Waals surface area contributed by atoms with Gasteiger partial charge in [0.1, 0.15) is 0 Å². The fourth-order valence-electron chi connectivity index (χ4n) is 3.42. The van der Waals surface area contributed by atoms with Crippen molar-refractivity contribution >= 4 is 5.78 Å². The van der Waals surface area contributed by atoms with Crippen LogP contribution in [0.25, 0.3) is 0 Å². The molecule has 0 saturated carbocycles. The average Bonchev–Trinajstić information content (AvgIpc) is 3.01. The number of rotatable bonds is 6. The molecule has 3 nitrogen and oxygen atoms in total. The molecule has 0 bridgehead atoms. The van der Waals surface area contributed by atoms with Gasteiger partial charge in [-0.3, -0.25) is 9.69 Å². The van der Waals surface area contributed by atoms with Gasteiger partial charge < -0.3 is 4.57 Å². The predicted molar refractivity (Wildman–Crippen MR) is 93.4 cm³/mol. The molecule has 122 valence electrons. The molecule has 23 heavy (non-hydrogen) atoms. The van der Waals surface area contributed by atoms with Gasteiger partial charge in [-0.15, -0.1) is 0 Å². The predicted octanol–water partition coefficient (Wildman–Crippen LogP) is 3.90. The number of hydrogen-bond donors (Lipinski definition) is 0. The quantitative estimate of drug-likeness (QED) is 0.756. The number of Topliss-reactive ketones (excluding diaryl/α,β-unsaturated/α-hetero) is 1. The molecule has 0 atom stereocenters. The summed E-state index contributed by atoms with van der Waals surface area (Å²) in [6, 6.07) is 12.6. The van der Waals surface area contributed by atoms with E-state index in [-0.39, 0.29) is 5.78 Å². The number of carbonyl (C=O) groups is 1. The molecule has 1 aromatic carbocycles. The maximum atomic E-state index is 12.2. The Bertz CT molecular complexity index is 624. The lowest BCUT2D eigenvalue weighted by Crippen LogP contribution is -2.33. The van der Waals surface area contributed by atoms with Gasteiger partial charge in [0.15, 0.2) is 5.78 Å². The van der Waals surface area contributed by atoms with Gasteiger partial charge in [-0.2, -0.15) is 0 Å². The third-order valence-electron chi connectivity index (χ3n) is 4.89. The fraction of sp³-hybridized carbons (Fsp3) is 0.450. The number of benzene rings is 1. The van der Waals surface area contributed by atoms with Gasteiger partial charge >= 0.3 is 0 Å². The molecule has 0 spiro atoms. The minimum atomic E-state index is 0.289. The zero-order valence-electron chi connectivity index (χ0n) is 13.9. The molecule has 0 unspecified atom stereocenters. The van der Waals surface area contributed by atoms with E-state index < -0.39 is 0 Å². The lowest BCUT2D eigenvalue weighted by Gasteiger charge is -2.31. The molecule has 0 radical (unpaired) electrons. The van der Waals surface area contributed by atoms with Crippen molar-refractivity contribution in [3.8, 4) is 0 Å². The maximum Gasteiger partial charge on any atom is 0.164 e. The Balaban J connectivity index is 1.40. The summed E-state index contributed by atoms with van der Waals surface area (Å²) in [5.74, 6) is 0.993. The van der Waals surface area contributed by atoms with Crippen LogP contribution in [0.2, 0.25) is 0 Å². The average molecular weight is 310 g/mol. The highest BCUT2D eigenvalue weighted by atomic mass is 16.1. The van der Waals surface area contributed by atoms with Crippen LogP contribution in [-0.4, -0.2) is 28.3 Å². The molecule has 1 aliphatic rings. The molecular formula is C20H26N2O. The molecule has 2 heterocycles. The van der Waals surface area contributed by atoms with Gasteiger partial charge in [-0.05, 0) is 49.9 Å². The number of hydrogen-bond acceptors (Lipinski definition) is 2. The van der Waals surface area contributed by atoms with E-state index in [0.717, 1.165) is 31.6 Å². The van der Waals surface area contributed by atoms with Crippen molar-refractivity contribution in [3.63, 3.8) is 0 Å². The molecule has 3 heteroatoms. The highest BCUT2D eigenvalue weighted by Gasteiger charge is 2.20. The fourth-order valence-corrected chi connectivity index (χ4v) is 3.42. The van der Waals surface area contributed by atoms with Gasteiger partial charge in [0.05, 0.1) is 0 Å². The first kappa shape index (κ1) is 16.0. The molecule has 1 aromatic heterocycles. The van der Waals surface area contributed by atoms with Crippen LogP contribution >= 0.6 is 0 Å².